The summed E-state index contributed by atoms with van der Waals surface area (Å²) in [6.07, 6.45) is -0.503. The first-order valence-corrected chi connectivity index (χ1v) is 7.36. The molecule has 2 aliphatic heterocycles. The van der Waals surface area contributed by atoms with E-state index in [0.717, 1.165) is 18.5 Å². The minimum Gasteiger partial charge on any atom is -0.478 e. The normalized spacial score (nSPS) is 19.0. The van der Waals surface area contributed by atoms with Gasteiger partial charge >= 0.3 is 5.97 Å². The molecule has 3 rings (SSSR count). The van der Waals surface area contributed by atoms with Gasteiger partial charge in [0, 0.05) is 25.1 Å². The number of hydrogen-bond acceptors (Lipinski definition) is 6. The summed E-state index contributed by atoms with van der Waals surface area (Å²) in [4.78, 5) is 28.1. The number of carbonyl (C=O) groups is 2. The molecule has 8 nitrogen and oxygen atoms in total. The number of nitrogens with zero attached hydrogens (tertiary/aromatic N) is 1. The van der Waals surface area contributed by atoms with Crippen molar-refractivity contribution >= 4 is 23.3 Å². The summed E-state index contributed by atoms with van der Waals surface area (Å²) < 4.78 is 0. The van der Waals surface area contributed by atoms with Crippen molar-refractivity contribution < 1.29 is 24.6 Å². The Balaban J connectivity index is 1.90. The number of anilines is 1. The second-order valence-electron chi connectivity index (χ2n) is 5.39. The van der Waals surface area contributed by atoms with Crippen LogP contribution in [0.2, 0.25) is 0 Å². The first-order chi connectivity index (χ1) is 11.1. The van der Waals surface area contributed by atoms with Gasteiger partial charge < -0.3 is 25.7 Å². The van der Waals surface area contributed by atoms with E-state index < -0.39 is 18.0 Å². The number of carbonyl (C=O) groups excluding carboxylic acids is 1. The van der Waals surface area contributed by atoms with E-state index in [0.29, 0.717) is 17.8 Å². The van der Waals surface area contributed by atoms with Gasteiger partial charge in [0.1, 0.15) is 0 Å². The Hall–Kier alpha value is -2.45. The van der Waals surface area contributed by atoms with Crippen molar-refractivity contribution in [1.29, 1.82) is 0 Å². The quantitative estimate of drug-likeness (QED) is 0.560. The van der Waals surface area contributed by atoms with Crippen molar-refractivity contribution in [2.45, 2.75) is 25.5 Å². The molecule has 8 heteroatoms. The minimum absolute atomic E-state index is 0.0533. The van der Waals surface area contributed by atoms with Gasteiger partial charge in [-0.15, -0.1) is 0 Å². The monoisotopic (exact) mass is 319 g/mol. The van der Waals surface area contributed by atoms with Crippen molar-refractivity contribution in [3.05, 3.63) is 28.8 Å². The molecular weight excluding hydrogens is 302 g/mol. The van der Waals surface area contributed by atoms with Crippen molar-refractivity contribution in [3.8, 4) is 0 Å². The molecule has 0 saturated carbocycles. The van der Waals surface area contributed by atoms with Gasteiger partial charge in [0.05, 0.1) is 5.69 Å². The van der Waals surface area contributed by atoms with E-state index in [9.17, 15) is 9.59 Å². The number of carboxylic acid groups (broad SMARTS) is 1. The van der Waals surface area contributed by atoms with Crippen LogP contribution in [0.3, 0.4) is 0 Å². The largest absolute Gasteiger partial charge is 0.478 e. The molecule has 2 heterocycles. The van der Waals surface area contributed by atoms with Gasteiger partial charge in [-0.3, -0.25) is 4.79 Å². The number of hydrogen-bond donors (Lipinski definition) is 4. The summed E-state index contributed by atoms with van der Waals surface area (Å²) in [5.74, 6) is -1.66. The molecule has 0 fully saturated rings. The molecule has 0 bridgehead atoms. The lowest BCUT2D eigenvalue weighted by molar-refractivity contribution is -0.151. The van der Waals surface area contributed by atoms with Gasteiger partial charge in [-0.25, -0.2) is 4.79 Å². The molecule has 1 unspecified atom stereocenters. The van der Waals surface area contributed by atoms with Crippen LogP contribution in [0, 0.1) is 0 Å². The Morgan fingerprint density at radius 1 is 1.43 bits per heavy atom. The molecular formula is C15H17N3O5. The van der Waals surface area contributed by atoms with Crippen LogP contribution in [-0.2, 0) is 27.4 Å². The zero-order valence-electron chi connectivity index (χ0n) is 12.3. The lowest BCUT2D eigenvalue weighted by Crippen LogP contribution is -2.25. The fourth-order valence-electron chi connectivity index (χ4n) is 2.74. The van der Waals surface area contributed by atoms with E-state index >= 15 is 0 Å². The Labute approximate surface area is 132 Å². The summed E-state index contributed by atoms with van der Waals surface area (Å²) in [6.45, 7) is 1.21. The van der Waals surface area contributed by atoms with Crippen LogP contribution in [0.25, 0.3) is 0 Å². The van der Waals surface area contributed by atoms with Crippen LogP contribution in [-0.4, -0.2) is 47.1 Å². The van der Waals surface area contributed by atoms with Crippen molar-refractivity contribution in [2.75, 3.05) is 18.5 Å². The predicted octanol–water partition coefficient (Wildman–Crippen LogP) is -0.159. The maximum atomic E-state index is 12.1. The second-order valence-corrected chi connectivity index (χ2v) is 5.39. The van der Waals surface area contributed by atoms with E-state index in [1.807, 2.05) is 6.07 Å². The molecule has 23 heavy (non-hydrogen) atoms. The Morgan fingerprint density at radius 2 is 2.26 bits per heavy atom. The number of carboxylic acids is 1. The van der Waals surface area contributed by atoms with Crippen molar-refractivity contribution in [3.63, 3.8) is 0 Å². The summed E-state index contributed by atoms with van der Waals surface area (Å²) in [5, 5.41) is 27.6. The van der Waals surface area contributed by atoms with Crippen molar-refractivity contribution in [1.82, 2.24) is 5.32 Å². The zero-order valence-corrected chi connectivity index (χ0v) is 12.3. The highest BCUT2D eigenvalue weighted by Gasteiger charge is 2.31. The molecule has 4 N–H and O–H groups in total. The molecule has 1 aromatic rings. The maximum Gasteiger partial charge on any atom is 0.347 e. The molecule has 0 spiro atoms. The highest BCUT2D eigenvalue weighted by Crippen LogP contribution is 2.32. The molecule has 1 amide bonds. The molecule has 0 aliphatic carbocycles. The Bertz CT molecular complexity index is 686. The highest BCUT2D eigenvalue weighted by molar-refractivity contribution is 6.53. The Kier molecular flexibility index (Phi) is 4.26. The van der Waals surface area contributed by atoms with E-state index in [2.05, 4.69) is 15.8 Å². The number of amides is 1. The zero-order chi connectivity index (χ0) is 16.4. The third-order valence-corrected chi connectivity index (χ3v) is 3.93. The van der Waals surface area contributed by atoms with Gasteiger partial charge in [-0.05, 0) is 24.1 Å². The lowest BCUT2D eigenvalue weighted by Gasteiger charge is -2.19. The maximum absolute atomic E-state index is 12.1. The fraction of sp³-hybridized carbons (Fsp3) is 0.400. The molecule has 0 aromatic heterocycles. The van der Waals surface area contributed by atoms with Crippen LogP contribution in [0.1, 0.15) is 23.1 Å². The average Bonchev–Trinajstić information content (AvgIpc) is 2.87. The summed E-state index contributed by atoms with van der Waals surface area (Å²) in [7, 11) is 0. The Morgan fingerprint density at radius 3 is 3.00 bits per heavy atom. The number of oxime groups is 1. The topological polar surface area (TPSA) is 120 Å². The van der Waals surface area contributed by atoms with E-state index in [1.54, 1.807) is 6.07 Å². The van der Waals surface area contributed by atoms with Crippen LogP contribution in [0.4, 0.5) is 5.69 Å². The number of rotatable bonds is 5. The van der Waals surface area contributed by atoms with Crippen LogP contribution >= 0.6 is 0 Å². The second kappa shape index (κ2) is 6.35. The first kappa shape index (κ1) is 15.4. The molecule has 2 aliphatic rings. The smallest absolute Gasteiger partial charge is 0.347 e. The first-order valence-electron chi connectivity index (χ1n) is 7.36. The third kappa shape index (κ3) is 2.90. The van der Waals surface area contributed by atoms with E-state index in [4.69, 9.17) is 15.1 Å². The van der Waals surface area contributed by atoms with Gasteiger partial charge in [-0.2, -0.15) is 0 Å². The fourth-order valence-corrected chi connectivity index (χ4v) is 2.74. The number of aliphatic hydroxyl groups excluding tert-OH is 1. The standard InChI is InChI=1S/C15H17N3O5/c19-6-4-11(15(21)22)23-18-13-9-2-1-8-3-5-16-7-10(8)12(9)17-14(13)20/h1-2,11,16,19H,3-7H2,(H,21,22)(H,17,18,20). The van der Waals surface area contributed by atoms with Gasteiger partial charge in [-0.1, -0.05) is 17.3 Å². The molecule has 122 valence electrons. The van der Waals surface area contributed by atoms with E-state index in [-0.39, 0.29) is 18.7 Å². The molecule has 1 aromatic carbocycles. The SMILES string of the molecule is O=C1Nc2c(ccc3c2CNCC3)C1=NOC(CCO)C(=O)O. The van der Waals surface area contributed by atoms with Gasteiger partial charge in [0.15, 0.2) is 5.71 Å². The lowest BCUT2D eigenvalue weighted by atomic mass is 9.96. The molecule has 1 atom stereocenters. The number of nitrogens with one attached hydrogen (secondary N) is 2. The number of fused-ring (bicyclic) bond motifs is 3. The number of aliphatic hydroxyl groups is 1. The third-order valence-electron chi connectivity index (χ3n) is 3.93. The number of aliphatic carboxylic acids is 1. The van der Waals surface area contributed by atoms with Gasteiger partial charge in [0.25, 0.3) is 5.91 Å². The summed E-state index contributed by atoms with van der Waals surface area (Å²) in [5.41, 5.74) is 3.56. The van der Waals surface area contributed by atoms with E-state index in [1.165, 1.54) is 5.56 Å². The van der Waals surface area contributed by atoms with Gasteiger partial charge in [0.2, 0.25) is 6.10 Å². The summed E-state index contributed by atoms with van der Waals surface area (Å²) >= 11 is 0. The summed E-state index contributed by atoms with van der Waals surface area (Å²) in [6, 6.07) is 3.74. The van der Waals surface area contributed by atoms with Crippen LogP contribution < -0.4 is 10.6 Å². The molecule has 0 radical (unpaired) electrons. The molecule has 0 saturated heterocycles. The van der Waals surface area contributed by atoms with Crippen LogP contribution in [0.5, 0.6) is 0 Å². The van der Waals surface area contributed by atoms with Crippen molar-refractivity contribution in [2.24, 2.45) is 5.16 Å². The minimum atomic E-state index is -1.29. The number of benzene rings is 1. The van der Waals surface area contributed by atoms with Crippen LogP contribution in [0.15, 0.2) is 17.3 Å². The average molecular weight is 319 g/mol. The highest BCUT2D eigenvalue weighted by atomic mass is 16.6. The predicted molar refractivity (Wildman–Crippen MR) is 81.2 cm³/mol.